The van der Waals surface area contributed by atoms with E-state index in [0.29, 0.717) is 11.5 Å². The molecule has 2 fully saturated rings. The lowest BCUT2D eigenvalue weighted by molar-refractivity contribution is -0.118. The number of hydrogen-bond acceptors (Lipinski definition) is 3. The summed E-state index contributed by atoms with van der Waals surface area (Å²) in [6, 6.07) is 4.16. The van der Waals surface area contributed by atoms with Crippen LogP contribution >= 0.6 is 0 Å². The van der Waals surface area contributed by atoms with E-state index in [0.717, 1.165) is 23.1 Å². The molecule has 0 radical (unpaired) electrons. The van der Waals surface area contributed by atoms with Gasteiger partial charge in [0.15, 0.2) is 5.78 Å². The van der Waals surface area contributed by atoms with E-state index in [1.807, 2.05) is 13.8 Å². The number of carbonyl (C=O) groups is 1. The van der Waals surface area contributed by atoms with Crippen LogP contribution in [0, 0.1) is 38.5 Å². The fraction of sp³-hybridized carbons (Fsp3) is 0.526. The zero-order valence-electron chi connectivity index (χ0n) is 13.5. The Morgan fingerprint density at radius 1 is 1.14 bits per heavy atom. The molecule has 5 atom stereocenters. The van der Waals surface area contributed by atoms with Crippen molar-refractivity contribution >= 4 is 11.4 Å². The van der Waals surface area contributed by atoms with Crippen molar-refractivity contribution in [3.8, 4) is 0 Å². The van der Waals surface area contributed by atoms with E-state index >= 15 is 0 Å². The van der Waals surface area contributed by atoms with Crippen molar-refractivity contribution < 1.29 is 14.6 Å². The van der Waals surface area contributed by atoms with Crippen molar-refractivity contribution in [3.05, 3.63) is 40.1 Å². The van der Waals surface area contributed by atoms with E-state index in [2.05, 4.69) is 26.0 Å². The molecule has 1 aliphatic carbocycles. The van der Waals surface area contributed by atoms with Gasteiger partial charge in [-0.05, 0) is 49.8 Å². The number of ketones is 1. The Hall–Kier alpha value is -1.61. The van der Waals surface area contributed by atoms with E-state index in [9.17, 15) is 9.90 Å². The summed E-state index contributed by atoms with van der Waals surface area (Å²) >= 11 is 0. The zero-order valence-corrected chi connectivity index (χ0v) is 13.5. The molecule has 116 valence electrons. The molecule has 2 heterocycles. The van der Waals surface area contributed by atoms with Crippen LogP contribution in [0.1, 0.15) is 35.6 Å². The van der Waals surface area contributed by atoms with Gasteiger partial charge in [-0.25, -0.2) is 0 Å². The maximum atomic E-state index is 13.0. The lowest BCUT2D eigenvalue weighted by Crippen LogP contribution is -2.33. The number of Topliss-reactive ketones (excluding diaryl/α,β-unsaturated/α-hetero) is 1. The average molecular weight is 298 g/mol. The lowest BCUT2D eigenvalue weighted by atomic mass is 9.75. The number of rotatable bonds is 1. The predicted octanol–water partition coefficient (Wildman–Crippen LogP) is 3.50. The summed E-state index contributed by atoms with van der Waals surface area (Å²) in [4.78, 5) is 13.0. The van der Waals surface area contributed by atoms with Crippen LogP contribution in [0.15, 0.2) is 17.9 Å². The fourth-order valence-corrected chi connectivity index (χ4v) is 4.94. The molecule has 1 aromatic rings. The molecule has 0 unspecified atom stereocenters. The van der Waals surface area contributed by atoms with Gasteiger partial charge >= 0.3 is 0 Å². The highest BCUT2D eigenvalue weighted by atomic mass is 16.5. The number of aliphatic hydroxyl groups is 1. The van der Waals surface area contributed by atoms with Crippen LogP contribution in [0.2, 0.25) is 0 Å². The SMILES string of the molecule is Cc1cc(C)c(C2=C(O)[C@@H]3[C@@H]4O[C@@H](C[C@@H]4C)[C@@H]3C2=O)c(C)c1. The van der Waals surface area contributed by atoms with Crippen LogP contribution in [-0.2, 0) is 9.53 Å². The van der Waals surface area contributed by atoms with E-state index in [1.165, 1.54) is 5.56 Å². The highest BCUT2D eigenvalue weighted by Gasteiger charge is 2.61. The van der Waals surface area contributed by atoms with E-state index in [4.69, 9.17) is 4.74 Å². The first-order valence-corrected chi connectivity index (χ1v) is 8.11. The Kier molecular flexibility index (Phi) is 2.83. The molecule has 22 heavy (non-hydrogen) atoms. The molecule has 2 bridgehead atoms. The second-order valence-corrected chi connectivity index (χ2v) is 7.30. The third-order valence-electron chi connectivity index (χ3n) is 5.69. The molecule has 2 saturated heterocycles. The van der Waals surface area contributed by atoms with E-state index in [-0.39, 0.29) is 35.6 Å². The molecule has 3 aliphatic rings. The largest absolute Gasteiger partial charge is 0.511 e. The number of aliphatic hydroxyl groups excluding tert-OH is 1. The van der Waals surface area contributed by atoms with Gasteiger partial charge < -0.3 is 9.84 Å². The van der Waals surface area contributed by atoms with E-state index < -0.39 is 0 Å². The first-order chi connectivity index (χ1) is 10.4. The summed E-state index contributed by atoms with van der Waals surface area (Å²) in [5, 5.41) is 10.8. The zero-order chi connectivity index (χ0) is 15.8. The Bertz CT molecular complexity index is 692. The minimum absolute atomic E-state index is 0.00232. The first kappa shape index (κ1) is 14.0. The molecule has 4 rings (SSSR count). The Balaban J connectivity index is 1.87. The molecule has 0 saturated carbocycles. The van der Waals surface area contributed by atoms with Gasteiger partial charge in [0, 0.05) is 0 Å². The van der Waals surface area contributed by atoms with Gasteiger partial charge in [-0.1, -0.05) is 24.6 Å². The summed E-state index contributed by atoms with van der Waals surface area (Å²) in [6.45, 7) is 8.24. The van der Waals surface area contributed by atoms with Crippen molar-refractivity contribution in [2.24, 2.45) is 17.8 Å². The minimum Gasteiger partial charge on any atom is -0.511 e. The Labute approximate surface area is 131 Å². The molecule has 0 aromatic heterocycles. The fourth-order valence-electron chi connectivity index (χ4n) is 4.94. The van der Waals surface area contributed by atoms with Gasteiger partial charge in [0.2, 0.25) is 0 Å². The highest BCUT2D eigenvalue weighted by molar-refractivity contribution is 6.26. The molecule has 2 aliphatic heterocycles. The quantitative estimate of drug-likeness (QED) is 0.863. The van der Waals surface area contributed by atoms with Gasteiger partial charge in [0.25, 0.3) is 0 Å². The molecule has 0 amide bonds. The number of aryl methyl sites for hydroxylation is 3. The number of carbonyl (C=O) groups excluding carboxylic acids is 1. The molecule has 3 heteroatoms. The number of hydrogen-bond donors (Lipinski definition) is 1. The molecule has 0 spiro atoms. The second kappa shape index (κ2) is 4.45. The number of fused-ring (bicyclic) bond motifs is 5. The highest BCUT2D eigenvalue weighted by Crippen LogP contribution is 2.55. The molecule has 1 N–H and O–H groups in total. The topological polar surface area (TPSA) is 46.5 Å². The maximum absolute atomic E-state index is 13.0. The van der Waals surface area contributed by atoms with Gasteiger partial charge in [0.1, 0.15) is 5.76 Å². The second-order valence-electron chi connectivity index (χ2n) is 7.30. The van der Waals surface area contributed by atoms with Crippen molar-refractivity contribution in [1.29, 1.82) is 0 Å². The van der Waals surface area contributed by atoms with Gasteiger partial charge in [-0.3, -0.25) is 4.79 Å². The number of benzene rings is 1. The van der Waals surface area contributed by atoms with Crippen molar-refractivity contribution in [2.75, 3.05) is 0 Å². The summed E-state index contributed by atoms with van der Waals surface area (Å²) < 4.78 is 5.94. The normalized spacial score (nSPS) is 36.4. The van der Waals surface area contributed by atoms with Crippen molar-refractivity contribution in [2.45, 2.75) is 46.3 Å². The Morgan fingerprint density at radius 3 is 2.41 bits per heavy atom. The third-order valence-corrected chi connectivity index (χ3v) is 5.69. The van der Waals surface area contributed by atoms with Crippen molar-refractivity contribution in [1.82, 2.24) is 0 Å². The average Bonchev–Trinajstić information content (AvgIpc) is 3.03. The predicted molar refractivity (Wildman–Crippen MR) is 84.6 cm³/mol. The lowest BCUT2D eigenvalue weighted by Gasteiger charge is -2.24. The summed E-state index contributed by atoms with van der Waals surface area (Å²) in [5.41, 5.74) is 4.79. The van der Waals surface area contributed by atoms with Crippen LogP contribution < -0.4 is 0 Å². The van der Waals surface area contributed by atoms with Gasteiger partial charge in [-0.15, -0.1) is 0 Å². The van der Waals surface area contributed by atoms with Crippen LogP contribution in [0.3, 0.4) is 0 Å². The molecule has 3 nitrogen and oxygen atoms in total. The monoisotopic (exact) mass is 298 g/mol. The summed E-state index contributed by atoms with van der Waals surface area (Å²) in [7, 11) is 0. The molecular weight excluding hydrogens is 276 g/mol. The Morgan fingerprint density at radius 2 is 1.77 bits per heavy atom. The smallest absolute Gasteiger partial charge is 0.173 e. The van der Waals surface area contributed by atoms with E-state index in [1.54, 1.807) is 0 Å². The first-order valence-electron chi connectivity index (χ1n) is 8.11. The summed E-state index contributed by atoms with van der Waals surface area (Å²) in [5.74, 6) is 0.467. The van der Waals surface area contributed by atoms with Crippen LogP contribution in [0.25, 0.3) is 5.57 Å². The van der Waals surface area contributed by atoms with Gasteiger partial charge in [0.05, 0.1) is 29.6 Å². The van der Waals surface area contributed by atoms with Crippen LogP contribution in [-0.4, -0.2) is 23.1 Å². The van der Waals surface area contributed by atoms with Crippen LogP contribution in [0.5, 0.6) is 0 Å². The summed E-state index contributed by atoms with van der Waals surface area (Å²) in [6.07, 6.45) is 0.926. The third kappa shape index (κ3) is 1.63. The maximum Gasteiger partial charge on any atom is 0.173 e. The molecular formula is C19H22O3. The van der Waals surface area contributed by atoms with Gasteiger partial charge in [-0.2, -0.15) is 0 Å². The standard InChI is InChI=1S/C19H22O3/c1-8-5-9(2)13(10(3)6-8)15-17(20)14-12-7-11(4)19(22-12)16(14)18(15)21/h5-6,11-12,14,16,19,21H,7H2,1-4H3/t11-,12-,14-,16+,19+/m0/s1. The minimum atomic E-state index is -0.170. The number of allylic oxidation sites excluding steroid dienone is 1. The molecule has 1 aromatic carbocycles. The van der Waals surface area contributed by atoms with Crippen LogP contribution in [0.4, 0.5) is 0 Å². The van der Waals surface area contributed by atoms with Crippen molar-refractivity contribution in [3.63, 3.8) is 0 Å². The number of ether oxygens (including phenoxy) is 1.